The van der Waals surface area contributed by atoms with Crippen molar-refractivity contribution in [3.8, 4) is 0 Å². The van der Waals surface area contributed by atoms with E-state index in [4.69, 9.17) is 5.41 Å². The Balaban J connectivity index is 2.85. The molecule has 0 heterocycles. The second kappa shape index (κ2) is 1.94. The molecule has 0 amide bonds. The van der Waals surface area contributed by atoms with Crippen molar-refractivity contribution in [1.29, 1.82) is 0 Å². The quantitative estimate of drug-likeness (QED) is 0.404. The molecule has 0 unspecified atom stereocenters. The van der Waals surface area contributed by atoms with Crippen molar-refractivity contribution in [2.75, 3.05) is 0 Å². The highest BCUT2D eigenvalue weighted by Gasteiger charge is 1.73. The van der Waals surface area contributed by atoms with Gasteiger partial charge in [0.15, 0.2) is 0 Å². The lowest BCUT2D eigenvalue weighted by Gasteiger charge is -1.74. The van der Waals surface area contributed by atoms with Gasteiger partial charge in [0.25, 0.3) is 0 Å². The summed E-state index contributed by atoms with van der Waals surface area (Å²) in [6, 6.07) is 0. The van der Waals surface area contributed by atoms with Gasteiger partial charge in [-0.2, -0.15) is 5.41 Å². The molecule has 0 aromatic heterocycles. The minimum absolute atomic E-state index is 0.505. The fourth-order valence-corrected chi connectivity index (χ4v) is 0. The van der Waals surface area contributed by atoms with Gasteiger partial charge >= 0.3 is 0 Å². The zero-order valence-corrected chi connectivity index (χ0v) is 3.65. The number of nitrogens with zero attached hydrogens (tertiary/aromatic N) is 1. The maximum absolute atomic E-state index is 8.28. The van der Waals surface area contributed by atoms with Crippen LogP contribution in [0.2, 0.25) is 0 Å². The monoisotopic (exact) mass is 70.1 g/mol. The standard InChI is InChI=1S/C4H8N/c1-3-4(2)5/h3H2,1-2H3. The van der Waals surface area contributed by atoms with Crippen molar-refractivity contribution in [1.82, 2.24) is 5.41 Å². The summed E-state index contributed by atoms with van der Waals surface area (Å²) < 4.78 is 0. The van der Waals surface area contributed by atoms with E-state index < -0.39 is 0 Å². The predicted octanol–water partition coefficient (Wildman–Crippen LogP) is 0.657. The third-order valence-electron chi connectivity index (χ3n) is 0.512. The van der Waals surface area contributed by atoms with Crippen LogP contribution in [0.4, 0.5) is 0 Å². The molecule has 5 heavy (non-hydrogen) atoms. The normalized spacial score (nSPS) is 7.60. The third-order valence-corrected chi connectivity index (χ3v) is 0.512. The van der Waals surface area contributed by atoms with Crippen molar-refractivity contribution >= 4 is 5.71 Å². The molecule has 1 heteroatoms. The summed E-state index contributed by atoms with van der Waals surface area (Å²) in [7, 11) is 0. The minimum Gasteiger partial charge on any atom is -0.161 e. The molecule has 0 aliphatic rings. The van der Waals surface area contributed by atoms with Crippen molar-refractivity contribution in [2.24, 2.45) is 0 Å². The summed E-state index contributed by atoms with van der Waals surface area (Å²) >= 11 is 0. The lowest BCUT2D eigenvalue weighted by molar-refractivity contribution is 1.27. The molecule has 0 N–H and O–H groups in total. The van der Waals surface area contributed by atoms with Gasteiger partial charge in [0, 0.05) is 5.71 Å². The van der Waals surface area contributed by atoms with E-state index in [2.05, 4.69) is 0 Å². The maximum Gasteiger partial charge on any atom is 0.0372 e. The van der Waals surface area contributed by atoms with E-state index in [9.17, 15) is 0 Å². The zero-order valence-electron chi connectivity index (χ0n) is 3.65. The molecular formula is C4H8N. The topological polar surface area (TPSA) is 22.3 Å². The van der Waals surface area contributed by atoms with Crippen LogP contribution in [0.25, 0.3) is 0 Å². The molecule has 0 aliphatic heterocycles. The van der Waals surface area contributed by atoms with Crippen LogP contribution >= 0.6 is 0 Å². The first kappa shape index (κ1) is 4.67. The van der Waals surface area contributed by atoms with Crippen LogP contribution in [-0.2, 0) is 0 Å². The predicted molar refractivity (Wildman–Crippen MR) is 23.1 cm³/mol. The Bertz CT molecular complexity index is 38.9. The molecule has 0 atom stereocenters. The van der Waals surface area contributed by atoms with Gasteiger partial charge in [-0.25, -0.2) is 0 Å². The molecule has 0 bridgehead atoms. The highest BCUT2D eigenvalue weighted by Crippen LogP contribution is 1.70. The Labute approximate surface area is 32.5 Å². The molecule has 0 saturated carbocycles. The van der Waals surface area contributed by atoms with E-state index in [1.165, 1.54) is 0 Å². The number of rotatable bonds is 1. The minimum atomic E-state index is 0.505. The fraction of sp³-hybridized carbons (Fsp3) is 0.750. The summed E-state index contributed by atoms with van der Waals surface area (Å²) in [5, 5.41) is 8.28. The van der Waals surface area contributed by atoms with Gasteiger partial charge in [-0.1, -0.05) is 6.92 Å². The van der Waals surface area contributed by atoms with Crippen LogP contribution in [0, 0.1) is 0 Å². The molecule has 0 fully saturated rings. The van der Waals surface area contributed by atoms with Crippen LogP contribution in [0.15, 0.2) is 0 Å². The van der Waals surface area contributed by atoms with E-state index >= 15 is 0 Å². The van der Waals surface area contributed by atoms with Crippen molar-refractivity contribution in [2.45, 2.75) is 20.3 Å². The molecule has 1 radical (unpaired) electrons. The van der Waals surface area contributed by atoms with Crippen molar-refractivity contribution in [3.63, 3.8) is 0 Å². The highest BCUT2D eigenvalue weighted by molar-refractivity contribution is 5.79. The Morgan fingerprint density at radius 1 is 1.80 bits per heavy atom. The first-order valence-corrected chi connectivity index (χ1v) is 1.78. The Kier molecular flexibility index (Phi) is 1.81. The van der Waals surface area contributed by atoms with Gasteiger partial charge in [-0.3, -0.25) is 0 Å². The number of hydrogen-bond acceptors (Lipinski definition) is 0. The van der Waals surface area contributed by atoms with Gasteiger partial charge in [-0.05, 0) is 13.3 Å². The van der Waals surface area contributed by atoms with Crippen LogP contribution in [0.5, 0.6) is 0 Å². The van der Waals surface area contributed by atoms with E-state index in [0.717, 1.165) is 6.42 Å². The lowest BCUT2D eigenvalue weighted by Crippen LogP contribution is -1.83. The lowest BCUT2D eigenvalue weighted by atomic mass is 10.3. The highest BCUT2D eigenvalue weighted by atomic mass is 14.4. The van der Waals surface area contributed by atoms with Gasteiger partial charge in [0.2, 0.25) is 0 Å². The summed E-state index contributed by atoms with van der Waals surface area (Å²) in [4.78, 5) is 0. The summed E-state index contributed by atoms with van der Waals surface area (Å²) in [6.07, 6.45) is 0.778. The maximum atomic E-state index is 8.28. The van der Waals surface area contributed by atoms with Gasteiger partial charge in [0.1, 0.15) is 0 Å². The smallest absolute Gasteiger partial charge is 0.0372 e. The van der Waals surface area contributed by atoms with Crippen molar-refractivity contribution < 1.29 is 0 Å². The summed E-state index contributed by atoms with van der Waals surface area (Å²) in [6.45, 7) is 3.61. The van der Waals surface area contributed by atoms with E-state index in [1.807, 2.05) is 6.92 Å². The Hall–Kier alpha value is -0.330. The zero-order chi connectivity index (χ0) is 4.28. The van der Waals surface area contributed by atoms with Gasteiger partial charge in [0.05, 0.1) is 0 Å². The molecule has 29 valence electrons. The molecule has 0 aromatic carbocycles. The van der Waals surface area contributed by atoms with Crippen LogP contribution in [0.3, 0.4) is 0 Å². The largest absolute Gasteiger partial charge is 0.161 e. The average Bonchev–Trinajstić information content (AvgIpc) is 1.38. The first-order valence-electron chi connectivity index (χ1n) is 1.78. The SMILES string of the molecule is CCC(C)=[N]. The molecule has 0 rings (SSSR count). The molecule has 0 saturated heterocycles. The Morgan fingerprint density at radius 2 is 2.00 bits per heavy atom. The molecule has 1 nitrogen and oxygen atoms in total. The van der Waals surface area contributed by atoms with E-state index in [1.54, 1.807) is 6.92 Å². The average molecular weight is 70.1 g/mol. The van der Waals surface area contributed by atoms with Crippen LogP contribution in [0.1, 0.15) is 20.3 Å². The number of hydrogen-bond donors (Lipinski definition) is 0. The van der Waals surface area contributed by atoms with Crippen LogP contribution in [-0.4, -0.2) is 5.71 Å². The Morgan fingerprint density at radius 3 is 2.00 bits per heavy atom. The molecule has 0 aromatic rings. The molecular weight excluding hydrogens is 62.1 g/mol. The summed E-state index contributed by atoms with van der Waals surface area (Å²) in [5.74, 6) is 0. The van der Waals surface area contributed by atoms with Crippen molar-refractivity contribution in [3.05, 3.63) is 0 Å². The molecule has 0 spiro atoms. The van der Waals surface area contributed by atoms with Gasteiger partial charge in [-0.15, -0.1) is 0 Å². The van der Waals surface area contributed by atoms with E-state index in [0.29, 0.717) is 5.71 Å². The molecule has 0 aliphatic carbocycles. The third kappa shape index (κ3) is 3.67. The summed E-state index contributed by atoms with van der Waals surface area (Å²) in [5.41, 5.74) is 0.505. The second-order valence-electron chi connectivity index (χ2n) is 1.09. The van der Waals surface area contributed by atoms with E-state index in [-0.39, 0.29) is 0 Å². The van der Waals surface area contributed by atoms with Gasteiger partial charge < -0.3 is 0 Å². The van der Waals surface area contributed by atoms with Crippen LogP contribution < -0.4 is 5.41 Å². The second-order valence-corrected chi connectivity index (χ2v) is 1.09. The fourth-order valence-electron chi connectivity index (χ4n) is 0. The first-order chi connectivity index (χ1) is 2.27.